The van der Waals surface area contributed by atoms with Crippen molar-refractivity contribution in [3.63, 3.8) is 0 Å². The van der Waals surface area contributed by atoms with Crippen LogP contribution in [-0.4, -0.2) is 60.8 Å². The van der Waals surface area contributed by atoms with Crippen LogP contribution in [0.4, 0.5) is 0 Å². The number of rotatable bonds is 6. The smallest absolute Gasteiger partial charge is 1.00 e. The molecule has 0 fully saturated rings. The molecule has 28 heavy (non-hydrogen) atoms. The minimum Gasteiger partial charge on any atom is -1.00 e. The Balaban J connectivity index is -0.000000653. The largest absolute Gasteiger partial charge is 2.00 e. The van der Waals surface area contributed by atoms with Crippen molar-refractivity contribution in [3.05, 3.63) is 89.5 Å². The topological polar surface area (TPSA) is 44.8 Å². The van der Waals surface area contributed by atoms with Gasteiger partial charge in [-0.3, -0.25) is 0 Å². The fraction of sp³-hybridized carbons (Fsp3) is 0.143. The Labute approximate surface area is 218 Å². The van der Waals surface area contributed by atoms with E-state index in [2.05, 4.69) is 0 Å². The number of aryl methyl sites for hydroxylation is 3. The van der Waals surface area contributed by atoms with E-state index >= 15 is 0 Å². The molecule has 0 unspecified atom stereocenters. The summed E-state index contributed by atoms with van der Waals surface area (Å²) in [7, 11) is -3.93. The van der Waals surface area contributed by atoms with Gasteiger partial charge >= 0.3 is 68.6 Å². The van der Waals surface area contributed by atoms with Crippen molar-refractivity contribution in [2.45, 2.75) is 20.8 Å². The quantitative estimate of drug-likeness (QED) is 0.354. The van der Waals surface area contributed by atoms with Crippen LogP contribution in [0.2, 0.25) is 0 Å². The maximum absolute atomic E-state index is 13.3. The molecule has 4 nitrogen and oxygen atoms in total. The first kappa shape index (κ1) is 25.4. The van der Waals surface area contributed by atoms with Gasteiger partial charge in [0, 0.05) is 0 Å². The van der Waals surface area contributed by atoms with Gasteiger partial charge in [0.05, 0.1) is 0 Å². The van der Waals surface area contributed by atoms with Crippen LogP contribution >= 0.6 is 7.82 Å². The summed E-state index contributed by atoms with van der Waals surface area (Å²) in [4.78, 5) is 0. The second-order valence-electron chi connectivity index (χ2n) is 6.16. The Bertz CT molecular complexity index is 808. The zero-order valence-electron chi connectivity index (χ0n) is 20.4. The predicted octanol–water partition coefficient (Wildman–Crippen LogP) is 5.95. The van der Waals surface area contributed by atoms with E-state index in [0.29, 0.717) is 17.2 Å². The molecule has 0 atom stereocenters. The molecule has 0 amide bonds. The van der Waals surface area contributed by atoms with E-state index in [1.54, 1.807) is 36.4 Å². The minimum atomic E-state index is -3.93. The average molecular weight is 437 g/mol. The molecule has 0 saturated heterocycles. The van der Waals surface area contributed by atoms with Gasteiger partial charge in [0.2, 0.25) is 0 Å². The third-order valence-corrected chi connectivity index (χ3v) is 5.02. The minimum absolute atomic E-state index is 0. The van der Waals surface area contributed by atoms with Crippen molar-refractivity contribution >= 4 is 68.6 Å². The summed E-state index contributed by atoms with van der Waals surface area (Å²) in [5, 5.41) is 0. The molecule has 3 aromatic rings. The number of phosphoric acid groups is 1. The van der Waals surface area contributed by atoms with Gasteiger partial charge in [-0.25, -0.2) is 0 Å². The molecule has 0 heterocycles. The van der Waals surface area contributed by atoms with Gasteiger partial charge in [0.1, 0.15) is 17.2 Å². The van der Waals surface area contributed by atoms with Gasteiger partial charge in [-0.1, -0.05) is 53.1 Å². The van der Waals surface area contributed by atoms with Gasteiger partial charge < -0.3 is 19.3 Å². The third kappa shape index (κ3) is 7.62. The summed E-state index contributed by atoms with van der Waals surface area (Å²) in [5.41, 5.74) is 3.23. The van der Waals surface area contributed by atoms with E-state index in [9.17, 15) is 4.57 Å². The van der Waals surface area contributed by atoms with Crippen molar-refractivity contribution in [1.29, 1.82) is 0 Å². The molecule has 142 valence electrons. The SMILES string of the molecule is Cc1ccc(OP(=O)(Oc2ccc(C)cc2)Oc2ccc(C)cc2)cc1.[Ca+2].[H-].[H-].[H-].[H-].[Mg+2]. The van der Waals surface area contributed by atoms with E-state index in [4.69, 9.17) is 13.6 Å². The maximum atomic E-state index is 13.3. The van der Waals surface area contributed by atoms with Crippen LogP contribution in [0.1, 0.15) is 22.4 Å². The van der Waals surface area contributed by atoms with Crippen LogP contribution in [0.3, 0.4) is 0 Å². The Morgan fingerprint density at radius 1 is 0.571 bits per heavy atom. The van der Waals surface area contributed by atoms with E-state index in [0.717, 1.165) is 16.7 Å². The van der Waals surface area contributed by atoms with Crippen molar-refractivity contribution < 1.29 is 23.8 Å². The van der Waals surface area contributed by atoms with Crippen molar-refractivity contribution in [1.82, 2.24) is 0 Å². The summed E-state index contributed by atoms with van der Waals surface area (Å²) in [5.74, 6) is 1.24. The van der Waals surface area contributed by atoms with Crippen LogP contribution in [0.5, 0.6) is 17.2 Å². The number of phosphoric ester groups is 1. The van der Waals surface area contributed by atoms with Crippen molar-refractivity contribution in [2.75, 3.05) is 0 Å². The molecule has 0 N–H and O–H groups in total. The number of benzene rings is 3. The van der Waals surface area contributed by atoms with Crippen molar-refractivity contribution in [2.24, 2.45) is 0 Å². The molecular weight excluding hydrogens is 412 g/mol. The molecule has 0 aromatic heterocycles. The van der Waals surface area contributed by atoms with Gasteiger partial charge in [0.15, 0.2) is 0 Å². The molecule has 3 rings (SSSR count). The van der Waals surface area contributed by atoms with Gasteiger partial charge in [-0.2, -0.15) is 4.57 Å². The van der Waals surface area contributed by atoms with E-state index in [-0.39, 0.29) is 66.5 Å². The monoisotopic (exact) mass is 436 g/mol. The molecule has 3 aromatic carbocycles. The van der Waals surface area contributed by atoms with Gasteiger partial charge in [0.25, 0.3) is 0 Å². The summed E-state index contributed by atoms with van der Waals surface area (Å²) < 4.78 is 30.2. The Morgan fingerprint density at radius 2 is 0.786 bits per heavy atom. The Morgan fingerprint density at radius 3 is 1.00 bits per heavy atom. The summed E-state index contributed by atoms with van der Waals surface area (Å²) in [6.07, 6.45) is 0. The van der Waals surface area contributed by atoms with E-state index in [1.165, 1.54) is 0 Å². The second-order valence-corrected chi connectivity index (χ2v) is 7.60. The fourth-order valence-electron chi connectivity index (χ4n) is 2.24. The van der Waals surface area contributed by atoms with Crippen molar-refractivity contribution in [3.8, 4) is 17.2 Å². The van der Waals surface area contributed by atoms with Crippen LogP contribution in [0.25, 0.3) is 0 Å². The predicted molar refractivity (Wildman–Crippen MR) is 119 cm³/mol. The second kappa shape index (κ2) is 11.5. The van der Waals surface area contributed by atoms with E-state index in [1.807, 2.05) is 57.2 Å². The zero-order valence-corrected chi connectivity index (χ0v) is 20.9. The molecule has 0 aliphatic rings. The standard InChI is InChI=1S/C21H21O4P.Ca.Mg.4H/c1-16-4-10-19(11-5-16)23-26(22,24-20-12-6-17(2)7-13-20)25-21-14-8-18(3)9-15-21;;;;;;/h4-15H,1-3H3;;;;;;/q;2*+2;4*-1. The summed E-state index contributed by atoms with van der Waals surface area (Å²) in [6, 6.07) is 21.6. The van der Waals surface area contributed by atoms with Crippen LogP contribution < -0.4 is 13.6 Å². The molecule has 0 aliphatic heterocycles. The zero-order chi connectivity index (χ0) is 18.6. The van der Waals surface area contributed by atoms with Crippen LogP contribution in [0, 0.1) is 20.8 Å². The normalized spacial score (nSPS) is 10.2. The summed E-state index contributed by atoms with van der Waals surface area (Å²) >= 11 is 0. The van der Waals surface area contributed by atoms with Crippen LogP contribution in [0.15, 0.2) is 72.8 Å². The van der Waals surface area contributed by atoms with Crippen LogP contribution in [-0.2, 0) is 4.57 Å². The fourth-order valence-corrected chi connectivity index (χ4v) is 3.49. The van der Waals surface area contributed by atoms with E-state index < -0.39 is 7.82 Å². The molecule has 0 spiro atoms. The van der Waals surface area contributed by atoms with Gasteiger partial charge in [-0.05, 0) is 57.2 Å². The maximum Gasteiger partial charge on any atom is 2.00 e. The first-order valence-electron chi connectivity index (χ1n) is 8.31. The average Bonchev–Trinajstić information content (AvgIpc) is 2.61. The van der Waals surface area contributed by atoms with Gasteiger partial charge in [-0.15, -0.1) is 0 Å². The molecule has 0 aliphatic carbocycles. The first-order chi connectivity index (χ1) is 12.4. The Kier molecular flexibility index (Phi) is 10.4. The molecular formula is C21H25CaMgO4P. The first-order valence-corrected chi connectivity index (χ1v) is 9.77. The molecule has 0 radical (unpaired) electrons. The third-order valence-electron chi connectivity index (χ3n) is 3.71. The summed E-state index contributed by atoms with van der Waals surface area (Å²) in [6.45, 7) is 5.90. The molecule has 7 heteroatoms. The molecule has 0 bridgehead atoms. The Hall–Kier alpha value is -0.684. The number of hydrogen-bond acceptors (Lipinski definition) is 4. The number of hydrogen-bond donors (Lipinski definition) is 0. The molecule has 0 saturated carbocycles.